The van der Waals surface area contributed by atoms with E-state index in [0.717, 1.165) is 29.9 Å². The maximum absolute atomic E-state index is 13.8. The normalized spacial score (nSPS) is 14.7. The monoisotopic (exact) mass is 423 g/mol. The van der Waals surface area contributed by atoms with Gasteiger partial charge in [0, 0.05) is 25.7 Å². The van der Waals surface area contributed by atoms with E-state index in [1.165, 1.54) is 25.0 Å². The molecule has 0 radical (unpaired) electrons. The molecule has 31 heavy (non-hydrogen) atoms. The van der Waals surface area contributed by atoms with Gasteiger partial charge in [0.25, 0.3) is 0 Å². The van der Waals surface area contributed by atoms with E-state index >= 15 is 0 Å². The van der Waals surface area contributed by atoms with Crippen LogP contribution >= 0.6 is 0 Å². The van der Waals surface area contributed by atoms with Gasteiger partial charge in [0.05, 0.1) is 23.0 Å². The van der Waals surface area contributed by atoms with E-state index in [9.17, 15) is 9.50 Å². The fourth-order valence-electron chi connectivity index (χ4n) is 3.73. The van der Waals surface area contributed by atoms with Crippen molar-refractivity contribution in [1.29, 1.82) is 0 Å². The van der Waals surface area contributed by atoms with Crippen molar-refractivity contribution in [3.8, 4) is 17.3 Å². The van der Waals surface area contributed by atoms with Gasteiger partial charge in [0.15, 0.2) is 0 Å². The van der Waals surface area contributed by atoms with Gasteiger partial charge in [-0.05, 0) is 56.4 Å². The summed E-state index contributed by atoms with van der Waals surface area (Å²) in [6, 6.07) is 16.0. The minimum atomic E-state index is -0.365. The Hall–Kier alpha value is -2.70. The number of rotatable bonds is 10. The van der Waals surface area contributed by atoms with Gasteiger partial charge >= 0.3 is 0 Å². The Morgan fingerprint density at radius 1 is 1.19 bits per heavy atom. The number of para-hydroxylation sites is 1. The molecule has 0 saturated heterocycles. The molecule has 0 bridgehead atoms. The van der Waals surface area contributed by atoms with E-state index in [0.29, 0.717) is 30.6 Å². The topological polar surface area (TPSA) is 50.5 Å². The summed E-state index contributed by atoms with van der Waals surface area (Å²) < 4.78 is 21.8. The predicted molar refractivity (Wildman–Crippen MR) is 119 cm³/mol. The molecule has 1 aromatic heterocycles. The molecule has 3 aromatic rings. The number of hydrogen-bond acceptors (Lipinski definition) is 4. The SMILES string of the molecule is CC[C@@H](O)CN(Cc1c(C)nn(-c2ccccc2)c1Oc1cccc(F)c1)CC1CC1. The van der Waals surface area contributed by atoms with Crippen LogP contribution in [0.5, 0.6) is 11.6 Å². The summed E-state index contributed by atoms with van der Waals surface area (Å²) in [5.41, 5.74) is 2.70. The number of aromatic nitrogens is 2. The largest absolute Gasteiger partial charge is 0.438 e. The van der Waals surface area contributed by atoms with Crippen molar-refractivity contribution in [2.24, 2.45) is 5.92 Å². The lowest BCUT2D eigenvalue weighted by Crippen LogP contribution is -2.33. The highest BCUT2D eigenvalue weighted by Crippen LogP contribution is 2.34. The van der Waals surface area contributed by atoms with Crippen LogP contribution in [0.3, 0.4) is 0 Å². The number of ether oxygens (including phenoxy) is 1. The Morgan fingerprint density at radius 2 is 1.97 bits per heavy atom. The van der Waals surface area contributed by atoms with Crippen LogP contribution in [-0.4, -0.2) is 39.0 Å². The highest BCUT2D eigenvalue weighted by Gasteiger charge is 2.28. The van der Waals surface area contributed by atoms with E-state index in [1.54, 1.807) is 16.8 Å². The average Bonchev–Trinajstić information content (AvgIpc) is 3.53. The Labute approximate surface area is 183 Å². The van der Waals surface area contributed by atoms with E-state index < -0.39 is 0 Å². The van der Waals surface area contributed by atoms with Crippen LogP contribution in [0.25, 0.3) is 5.69 Å². The molecule has 1 aliphatic carbocycles. The highest BCUT2D eigenvalue weighted by atomic mass is 19.1. The van der Waals surface area contributed by atoms with Crippen molar-refractivity contribution in [3.63, 3.8) is 0 Å². The average molecular weight is 424 g/mol. The van der Waals surface area contributed by atoms with Crippen LogP contribution in [-0.2, 0) is 6.54 Å². The van der Waals surface area contributed by atoms with Crippen molar-refractivity contribution in [2.45, 2.75) is 45.8 Å². The minimum Gasteiger partial charge on any atom is -0.438 e. The predicted octanol–water partition coefficient (Wildman–Crippen LogP) is 5.10. The Balaban J connectivity index is 1.70. The van der Waals surface area contributed by atoms with Gasteiger partial charge < -0.3 is 9.84 Å². The minimum absolute atomic E-state index is 0.344. The molecule has 1 heterocycles. The lowest BCUT2D eigenvalue weighted by atomic mass is 10.2. The Kier molecular flexibility index (Phi) is 6.68. The maximum atomic E-state index is 13.8. The first kappa shape index (κ1) is 21.5. The molecule has 1 fully saturated rings. The van der Waals surface area contributed by atoms with Gasteiger partial charge in [-0.2, -0.15) is 5.10 Å². The van der Waals surface area contributed by atoms with Crippen LogP contribution in [0.1, 0.15) is 37.4 Å². The van der Waals surface area contributed by atoms with Crippen molar-refractivity contribution in [2.75, 3.05) is 13.1 Å². The molecular formula is C25H30FN3O2. The summed E-state index contributed by atoms with van der Waals surface area (Å²) in [5.74, 6) is 1.37. The van der Waals surface area contributed by atoms with Crippen LogP contribution in [0.2, 0.25) is 0 Å². The molecule has 2 aromatic carbocycles. The first-order valence-electron chi connectivity index (χ1n) is 11.0. The van der Waals surface area contributed by atoms with E-state index in [-0.39, 0.29) is 11.9 Å². The molecule has 0 aliphatic heterocycles. The number of aliphatic hydroxyl groups is 1. The first-order valence-corrected chi connectivity index (χ1v) is 11.0. The molecule has 0 amide bonds. The first-order chi connectivity index (χ1) is 15.0. The molecule has 1 atom stereocenters. The number of aryl methyl sites for hydroxylation is 1. The molecule has 164 valence electrons. The zero-order valence-electron chi connectivity index (χ0n) is 18.2. The fraction of sp³-hybridized carbons (Fsp3) is 0.400. The smallest absolute Gasteiger partial charge is 0.227 e. The van der Waals surface area contributed by atoms with E-state index in [2.05, 4.69) is 4.90 Å². The van der Waals surface area contributed by atoms with Crippen LogP contribution < -0.4 is 4.74 Å². The summed E-state index contributed by atoms with van der Waals surface area (Å²) in [6.07, 6.45) is 2.84. The molecule has 1 N–H and O–H groups in total. The third-order valence-electron chi connectivity index (χ3n) is 5.68. The van der Waals surface area contributed by atoms with Gasteiger partial charge in [-0.15, -0.1) is 0 Å². The number of hydrogen-bond donors (Lipinski definition) is 1. The molecule has 5 nitrogen and oxygen atoms in total. The number of halogens is 1. The Morgan fingerprint density at radius 3 is 2.65 bits per heavy atom. The summed E-state index contributed by atoms with van der Waals surface area (Å²) in [6.45, 7) is 6.15. The van der Waals surface area contributed by atoms with Gasteiger partial charge in [-0.25, -0.2) is 9.07 Å². The van der Waals surface area contributed by atoms with Crippen LogP contribution in [0.15, 0.2) is 54.6 Å². The van der Waals surface area contributed by atoms with E-state index in [1.807, 2.05) is 44.2 Å². The summed E-state index contributed by atoms with van der Waals surface area (Å²) in [7, 11) is 0. The van der Waals surface area contributed by atoms with Gasteiger partial charge in [0.1, 0.15) is 11.6 Å². The summed E-state index contributed by atoms with van der Waals surface area (Å²) >= 11 is 0. The number of aliphatic hydroxyl groups excluding tert-OH is 1. The lowest BCUT2D eigenvalue weighted by molar-refractivity contribution is 0.102. The van der Waals surface area contributed by atoms with Gasteiger partial charge in [0.2, 0.25) is 5.88 Å². The van der Waals surface area contributed by atoms with Gasteiger partial charge in [-0.3, -0.25) is 4.90 Å². The second kappa shape index (κ2) is 9.62. The summed E-state index contributed by atoms with van der Waals surface area (Å²) in [4.78, 5) is 2.30. The van der Waals surface area contributed by atoms with Crippen molar-refractivity contribution in [1.82, 2.24) is 14.7 Å². The van der Waals surface area contributed by atoms with Gasteiger partial charge in [-0.1, -0.05) is 31.2 Å². The zero-order chi connectivity index (χ0) is 21.8. The standard InChI is InChI=1S/C25H30FN3O2/c1-3-22(30)16-28(15-19-12-13-19)17-24-18(2)27-29(21-9-5-4-6-10-21)25(24)31-23-11-7-8-20(26)14-23/h4-11,14,19,22,30H,3,12-13,15-17H2,1-2H3/t22-/m1/s1. The third kappa shape index (κ3) is 5.51. The number of nitrogens with zero attached hydrogens (tertiary/aromatic N) is 3. The zero-order valence-corrected chi connectivity index (χ0v) is 18.2. The number of benzene rings is 2. The second-order valence-electron chi connectivity index (χ2n) is 8.38. The van der Waals surface area contributed by atoms with Crippen molar-refractivity contribution in [3.05, 3.63) is 71.7 Å². The van der Waals surface area contributed by atoms with Crippen molar-refractivity contribution >= 4 is 0 Å². The molecule has 0 unspecified atom stereocenters. The van der Waals surface area contributed by atoms with E-state index in [4.69, 9.17) is 9.84 Å². The summed E-state index contributed by atoms with van der Waals surface area (Å²) in [5, 5.41) is 15.0. The molecule has 1 saturated carbocycles. The quantitative estimate of drug-likeness (QED) is 0.493. The second-order valence-corrected chi connectivity index (χ2v) is 8.38. The van der Waals surface area contributed by atoms with Crippen LogP contribution in [0, 0.1) is 18.7 Å². The molecule has 6 heteroatoms. The molecule has 1 aliphatic rings. The third-order valence-corrected chi connectivity index (χ3v) is 5.68. The molecule has 4 rings (SSSR count). The highest BCUT2D eigenvalue weighted by molar-refractivity contribution is 5.43. The lowest BCUT2D eigenvalue weighted by Gasteiger charge is -2.25. The maximum Gasteiger partial charge on any atom is 0.227 e. The fourth-order valence-corrected chi connectivity index (χ4v) is 3.73. The van der Waals surface area contributed by atoms with Crippen molar-refractivity contribution < 1.29 is 14.2 Å². The molecule has 0 spiro atoms. The Bertz CT molecular complexity index is 1000. The molecular weight excluding hydrogens is 393 g/mol. The van der Waals surface area contributed by atoms with Crippen LogP contribution in [0.4, 0.5) is 4.39 Å².